The van der Waals surface area contributed by atoms with E-state index < -0.39 is 16.0 Å². The molecule has 0 radical (unpaired) electrons. The number of hydrogen-bond acceptors (Lipinski definition) is 4. The summed E-state index contributed by atoms with van der Waals surface area (Å²) in [5, 5.41) is 0. The van der Waals surface area contributed by atoms with Gasteiger partial charge in [0.1, 0.15) is 5.75 Å². The predicted octanol–water partition coefficient (Wildman–Crippen LogP) is 4.12. The Kier molecular flexibility index (Phi) is 5.67. The van der Waals surface area contributed by atoms with Crippen LogP contribution in [0.5, 0.6) is 5.75 Å². The highest BCUT2D eigenvalue weighted by Crippen LogP contribution is 2.25. The maximum atomic E-state index is 12.5. The van der Waals surface area contributed by atoms with E-state index in [1.54, 1.807) is 6.07 Å². The van der Waals surface area contributed by atoms with Gasteiger partial charge in [-0.15, -0.1) is 0 Å². The van der Waals surface area contributed by atoms with Crippen LogP contribution in [0.3, 0.4) is 0 Å². The van der Waals surface area contributed by atoms with E-state index in [-0.39, 0.29) is 4.90 Å². The fourth-order valence-corrected chi connectivity index (χ4v) is 4.88. The highest BCUT2D eigenvalue weighted by Gasteiger charge is 2.27. The van der Waals surface area contributed by atoms with Crippen molar-refractivity contribution in [2.75, 3.05) is 13.1 Å². The number of rotatable bonds is 5. The van der Waals surface area contributed by atoms with Crippen molar-refractivity contribution in [3.8, 4) is 5.75 Å². The molecule has 6 heteroatoms. The number of benzene rings is 2. The number of hydrogen-bond donors (Lipinski definition) is 0. The van der Waals surface area contributed by atoms with Crippen LogP contribution in [0, 0.1) is 6.92 Å². The number of carbonyl (C=O) groups is 1. The topological polar surface area (TPSA) is 63.7 Å². The molecule has 5 nitrogen and oxygen atoms in total. The summed E-state index contributed by atoms with van der Waals surface area (Å²) in [4.78, 5) is 12.6. The standard InChI is InChI=1S/C21H25NO4S/c1-15(2)20-11-8-18(14-16(20)3)26-21(23)17-6-9-19(10-7-17)27(24,25)22-12-4-5-13-22/h6-11,14-15H,4-5,12-13H2,1-3H3. The van der Waals surface area contributed by atoms with E-state index >= 15 is 0 Å². The van der Waals surface area contributed by atoms with Crippen LogP contribution in [0.25, 0.3) is 0 Å². The molecule has 0 bridgehead atoms. The summed E-state index contributed by atoms with van der Waals surface area (Å²) < 4.78 is 32.0. The molecule has 1 aliphatic rings. The number of aryl methyl sites for hydroxylation is 1. The van der Waals surface area contributed by atoms with E-state index in [9.17, 15) is 13.2 Å². The Bertz CT molecular complexity index is 927. The number of sulfonamides is 1. The Balaban J connectivity index is 1.73. The Morgan fingerprint density at radius 1 is 1.04 bits per heavy atom. The number of esters is 1. The minimum absolute atomic E-state index is 0.207. The molecule has 0 atom stereocenters. The molecule has 2 aromatic carbocycles. The fraction of sp³-hybridized carbons (Fsp3) is 0.381. The Hall–Kier alpha value is -2.18. The molecular weight excluding hydrogens is 362 g/mol. The summed E-state index contributed by atoms with van der Waals surface area (Å²) in [5.41, 5.74) is 2.61. The van der Waals surface area contributed by atoms with Crippen molar-refractivity contribution >= 4 is 16.0 Å². The average Bonchev–Trinajstić information content (AvgIpc) is 3.17. The minimum Gasteiger partial charge on any atom is -0.423 e. The normalized spacial score (nSPS) is 15.3. The zero-order valence-electron chi connectivity index (χ0n) is 15.9. The predicted molar refractivity (Wildman–Crippen MR) is 105 cm³/mol. The monoisotopic (exact) mass is 387 g/mol. The first-order valence-corrected chi connectivity index (χ1v) is 10.7. The van der Waals surface area contributed by atoms with Crippen molar-refractivity contribution in [2.45, 2.75) is 44.4 Å². The van der Waals surface area contributed by atoms with Crippen LogP contribution < -0.4 is 4.74 Å². The summed E-state index contributed by atoms with van der Waals surface area (Å²) in [7, 11) is -3.48. The van der Waals surface area contributed by atoms with Crippen molar-refractivity contribution in [3.05, 3.63) is 59.2 Å². The van der Waals surface area contributed by atoms with Crippen molar-refractivity contribution in [3.63, 3.8) is 0 Å². The summed E-state index contributed by atoms with van der Waals surface area (Å²) in [5.74, 6) is 0.382. The largest absolute Gasteiger partial charge is 0.423 e. The number of carbonyl (C=O) groups excluding carboxylic acids is 1. The smallest absolute Gasteiger partial charge is 0.343 e. The molecule has 3 rings (SSSR count). The maximum absolute atomic E-state index is 12.5. The first kappa shape index (κ1) is 19.6. The van der Waals surface area contributed by atoms with Gasteiger partial charge in [-0.2, -0.15) is 4.31 Å². The lowest BCUT2D eigenvalue weighted by Crippen LogP contribution is -2.27. The van der Waals surface area contributed by atoms with Crippen molar-refractivity contribution in [2.24, 2.45) is 0 Å². The Labute approximate surface area is 161 Å². The summed E-state index contributed by atoms with van der Waals surface area (Å²) in [6.07, 6.45) is 1.78. The van der Waals surface area contributed by atoms with Crippen LogP contribution in [0.4, 0.5) is 0 Å². The molecule has 1 saturated heterocycles. The van der Waals surface area contributed by atoms with E-state index in [4.69, 9.17) is 4.74 Å². The van der Waals surface area contributed by atoms with Gasteiger partial charge >= 0.3 is 5.97 Å². The van der Waals surface area contributed by atoms with Crippen molar-refractivity contribution in [1.29, 1.82) is 0 Å². The maximum Gasteiger partial charge on any atom is 0.343 e. The molecule has 1 heterocycles. The molecule has 0 aliphatic carbocycles. The third-order valence-electron chi connectivity index (χ3n) is 4.87. The highest BCUT2D eigenvalue weighted by molar-refractivity contribution is 7.89. The summed E-state index contributed by atoms with van der Waals surface area (Å²) >= 11 is 0. The fourth-order valence-electron chi connectivity index (χ4n) is 3.37. The lowest BCUT2D eigenvalue weighted by Gasteiger charge is -2.15. The second kappa shape index (κ2) is 7.82. The van der Waals surface area contributed by atoms with Gasteiger partial charge < -0.3 is 4.74 Å². The van der Waals surface area contributed by atoms with Gasteiger partial charge in [0.05, 0.1) is 10.5 Å². The molecule has 144 valence electrons. The number of ether oxygens (including phenoxy) is 1. The molecule has 0 N–H and O–H groups in total. The zero-order valence-corrected chi connectivity index (χ0v) is 16.8. The first-order valence-electron chi connectivity index (χ1n) is 9.22. The van der Waals surface area contributed by atoms with Crippen molar-refractivity contribution < 1.29 is 17.9 Å². The molecule has 0 aromatic heterocycles. The van der Waals surface area contributed by atoms with Crippen LogP contribution in [0.1, 0.15) is 54.1 Å². The minimum atomic E-state index is -3.48. The van der Waals surface area contributed by atoms with Gasteiger partial charge in [0.2, 0.25) is 10.0 Å². The SMILES string of the molecule is Cc1cc(OC(=O)c2ccc(S(=O)(=O)N3CCCC3)cc2)ccc1C(C)C. The van der Waals surface area contributed by atoms with Crippen LogP contribution in [-0.2, 0) is 10.0 Å². The second-order valence-corrected chi connectivity index (χ2v) is 9.14. The van der Waals surface area contributed by atoms with Gasteiger partial charge in [-0.05, 0) is 73.2 Å². The molecule has 1 aliphatic heterocycles. The zero-order chi connectivity index (χ0) is 19.6. The van der Waals surface area contributed by atoms with Crippen LogP contribution >= 0.6 is 0 Å². The van der Waals surface area contributed by atoms with Crippen LogP contribution in [0.15, 0.2) is 47.4 Å². The molecule has 0 saturated carbocycles. The lowest BCUT2D eigenvalue weighted by atomic mass is 9.98. The first-order chi connectivity index (χ1) is 12.8. The Morgan fingerprint density at radius 2 is 1.67 bits per heavy atom. The van der Waals surface area contributed by atoms with E-state index in [1.807, 2.05) is 19.1 Å². The van der Waals surface area contributed by atoms with Gasteiger partial charge in [0.15, 0.2) is 0 Å². The van der Waals surface area contributed by atoms with E-state index in [2.05, 4.69) is 13.8 Å². The highest BCUT2D eigenvalue weighted by atomic mass is 32.2. The average molecular weight is 388 g/mol. The Morgan fingerprint density at radius 3 is 2.22 bits per heavy atom. The lowest BCUT2D eigenvalue weighted by molar-refractivity contribution is 0.0734. The molecule has 0 unspecified atom stereocenters. The van der Waals surface area contributed by atoms with Crippen LogP contribution in [0.2, 0.25) is 0 Å². The van der Waals surface area contributed by atoms with Crippen LogP contribution in [-0.4, -0.2) is 31.8 Å². The second-order valence-electron chi connectivity index (χ2n) is 7.20. The van der Waals surface area contributed by atoms with Gasteiger partial charge in [-0.3, -0.25) is 0 Å². The summed E-state index contributed by atoms with van der Waals surface area (Å²) in [6, 6.07) is 11.5. The van der Waals surface area contributed by atoms with E-state index in [0.29, 0.717) is 30.3 Å². The van der Waals surface area contributed by atoms with Gasteiger partial charge in [0.25, 0.3) is 0 Å². The van der Waals surface area contributed by atoms with Gasteiger partial charge in [-0.25, -0.2) is 13.2 Å². The van der Waals surface area contributed by atoms with Gasteiger partial charge in [0, 0.05) is 13.1 Å². The van der Waals surface area contributed by atoms with E-state index in [1.165, 1.54) is 34.1 Å². The van der Waals surface area contributed by atoms with Gasteiger partial charge in [-0.1, -0.05) is 19.9 Å². The third-order valence-corrected chi connectivity index (χ3v) is 6.78. The molecule has 0 amide bonds. The quantitative estimate of drug-likeness (QED) is 0.572. The van der Waals surface area contributed by atoms with E-state index in [0.717, 1.165) is 18.4 Å². The van der Waals surface area contributed by atoms with Crippen molar-refractivity contribution in [1.82, 2.24) is 4.31 Å². The molecule has 0 spiro atoms. The summed E-state index contributed by atoms with van der Waals surface area (Å²) in [6.45, 7) is 7.33. The molecular formula is C21H25NO4S. The molecule has 2 aromatic rings. The molecule has 1 fully saturated rings. The third kappa shape index (κ3) is 4.22. The number of nitrogens with zero attached hydrogens (tertiary/aromatic N) is 1. The molecule has 27 heavy (non-hydrogen) atoms.